The van der Waals surface area contributed by atoms with Crippen molar-refractivity contribution in [1.82, 2.24) is 10.9 Å². The molecule has 4 atom stereocenters. The van der Waals surface area contributed by atoms with Gasteiger partial charge in [-0.3, -0.25) is 0 Å². The van der Waals surface area contributed by atoms with Crippen molar-refractivity contribution in [2.45, 2.75) is 56.7 Å². The third-order valence-electron chi connectivity index (χ3n) is 7.33. The third kappa shape index (κ3) is 7.28. The third-order valence-corrected chi connectivity index (χ3v) is 7.33. The average Bonchev–Trinajstić information content (AvgIpc) is 3.80. The van der Waals surface area contributed by atoms with Crippen molar-refractivity contribution in [1.29, 1.82) is 0 Å². The van der Waals surface area contributed by atoms with E-state index in [2.05, 4.69) is 47.2 Å². The van der Waals surface area contributed by atoms with Crippen LogP contribution < -0.4 is 10.9 Å². The number of hydrogen-bond donors (Lipinski definition) is 2. The molecule has 0 aliphatic carbocycles. The maximum Gasteiger partial charge on any atom is 0.230 e. The van der Waals surface area contributed by atoms with Crippen LogP contribution in [0.1, 0.15) is 22.3 Å². The number of nitrogens with one attached hydrogen (secondary N) is 2. The second-order valence-corrected chi connectivity index (χ2v) is 10.4. The summed E-state index contributed by atoms with van der Waals surface area (Å²) in [4.78, 5) is 0. The van der Waals surface area contributed by atoms with Crippen molar-refractivity contribution in [3.63, 3.8) is 0 Å². The van der Waals surface area contributed by atoms with Gasteiger partial charge in [-0.25, -0.2) is 10.9 Å². The van der Waals surface area contributed by atoms with Crippen molar-refractivity contribution < 1.29 is 23.7 Å². The summed E-state index contributed by atoms with van der Waals surface area (Å²) in [7, 11) is 0. The lowest BCUT2D eigenvalue weighted by Gasteiger charge is -2.45. The Kier molecular flexibility index (Phi) is 9.14. The van der Waals surface area contributed by atoms with Gasteiger partial charge in [0.1, 0.15) is 24.4 Å². The molecule has 2 aliphatic heterocycles. The van der Waals surface area contributed by atoms with E-state index in [9.17, 15) is 0 Å². The lowest BCUT2D eigenvalue weighted by Crippen LogP contribution is -2.64. The zero-order chi connectivity index (χ0) is 27.7. The lowest BCUT2D eigenvalue weighted by atomic mass is 9.95. The zero-order valence-corrected chi connectivity index (χ0v) is 22.9. The summed E-state index contributed by atoms with van der Waals surface area (Å²) in [6, 6.07) is 40.5. The fraction of sp³-hybridized carbons (Fsp3) is 0.294. The number of rotatable bonds is 13. The molecule has 6 rings (SSSR count). The van der Waals surface area contributed by atoms with Crippen LogP contribution in [0, 0.1) is 0 Å². The van der Waals surface area contributed by atoms with Gasteiger partial charge in [0.15, 0.2) is 0 Å². The van der Waals surface area contributed by atoms with Crippen LogP contribution in [0.5, 0.6) is 0 Å². The van der Waals surface area contributed by atoms with Gasteiger partial charge in [-0.1, -0.05) is 121 Å². The van der Waals surface area contributed by atoms with E-state index < -0.39 is 30.3 Å². The maximum atomic E-state index is 6.68. The van der Waals surface area contributed by atoms with E-state index in [0.29, 0.717) is 33.0 Å². The molecule has 2 aliphatic rings. The molecule has 7 heteroatoms. The Balaban J connectivity index is 1.25. The highest BCUT2D eigenvalue weighted by Gasteiger charge is 2.63. The molecule has 41 heavy (non-hydrogen) atoms. The first-order valence-electron chi connectivity index (χ1n) is 14.1. The van der Waals surface area contributed by atoms with E-state index in [1.165, 1.54) is 0 Å². The largest absolute Gasteiger partial charge is 0.374 e. The summed E-state index contributed by atoms with van der Waals surface area (Å²) in [5, 5.41) is 0. The Labute approximate surface area is 241 Å². The van der Waals surface area contributed by atoms with Gasteiger partial charge < -0.3 is 23.7 Å². The Morgan fingerprint density at radius 2 is 0.927 bits per heavy atom. The molecule has 0 amide bonds. The Hall–Kier alpha value is -3.40. The second-order valence-electron chi connectivity index (χ2n) is 10.4. The molecule has 0 unspecified atom stereocenters. The molecular weight excluding hydrogens is 516 g/mol. The van der Waals surface area contributed by atoms with E-state index in [0.717, 1.165) is 22.3 Å². The van der Waals surface area contributed by atoms with Crippen LogP contribution >= 0.6 is 0 Å². The van der Waals surface area contributed by atoms with Crippen molar-refractivity contribution in [3.8, 4) is 0 Å². The molecule has 7 nitrogen and oxygen atoms in total. The van der Waals surface area contributed by atoms with E-state index in [1.807, 2.05) is 84.9 Å². The van der Waals surface area contributed by atoms with Crippen molar-refractivity contribution in [2.75, 3.05) is 6.61 Å². The molecule has 2 heterocycles. The van der Waals surface area contributed by atoms with Crippen molar-refractivity contribution in [2.24, 2.45) is 0 Å². The molecule has 0 saturated carbocycles. The summed E-state index contributed by atoms with van der Waals surface area (Å²) < 4.78 is 32.7. The summed E-state index contributed by atoms with van der Waals surface area (Å²) in [5.74, 6) is -0.899. The molecule has 4 aromatic rings. The van der Waals surface area contributed by atoms with E-state index in [4.69, 9.17) is 23.7 Å². The quantitative estimate of drug-likeness (QED) is 0.223. The summed E-state index contributed by atoms with van der Waals surface area (Å²) in [6.07, 6.45) is -1.81. The van der Waals surface area contributed by atoms with Crippen LogP contribution in [0.2, 0.25) is 0 Å². The van der Waals surface area contributed by atoms with E-state index in [-0.39, 0.29) is 0 Å². The molecular formula is C34H36N2O5. The Morgan fingerprint density at radius 3 is 1.39 bits per heavy atom. The van der Waals surface area contributed by atoms with Crippen LogP contribution in [-0.2, 0) is 50.1 Å². The second kappa shape index (κ2) is 13.5. The van der Waals surface area contributed by atoms with Crippen LogP contribution in [0.15, 0.2) is 121 Å². The molecule has 212 valence electrons. The number of hydrogen-bond acceptors (Lipinski definition) is 7. The predicted molar refractivity (Wildman–Crippen MR) is 155 cm³/mol. The number of hydrazine groups is 1. The van der Waals surface area contributed by atoms with Gasteiger partial charge in [0, 0.05) is 0 Å². The molecule has 1 spiro atoms. The highest BCUT2D eigenvalue weighted by atomic mass is 16.7. The molecule has 2 fully saturated rings. The van der Waals surface area contributed by atoms with Gasteiger partial charge in [0.2, 0.25) is 5.85 Å². The van der Waals surface area contributed by atoms with Gasteiger partial charge >= 0.3 is 0 Å². The fourth-order valence-corrected chi connectivity index (χ4v) is 5.14. The van der Waals surface area contributed by atoms with Gasteiger partial charge in [-0.05, 0) is 22.3 Å². The summed E-state index contributed by atoms with van der Waals surface area (Å²) >= 11 is 0. The zero-order valence-electron chi connectivity index (χ0n) is 22.9. The molecule has 0 radical (unpaired) electrons. The van der Waals surface area contributed by atoms with E-state index in [1.54, 1.807) is 0 Å². The van der Waals surface area contributed by atoms with Gasteiger partial charge in [-0.2, -0.15) is 0 Å². The van der Waals surface area contributed by atoms with Gasteiger partial charge in [-0.15, -0.1) is 0 Å². The Morgan fingerprint density at radius 1 is 0.512 bits per heavy atom. The summed E-state index contributed by atoms with van der Waals surface area (Å²) in [6.45, 7) is 2.04. The number of ether oxygens (including phenoxy) is 5. The van der Waals surface area contributed by atoms with Crippen LogP contribution in [0.3, 0.4) is 0 Å². The monoisotopic (exact) mass is 552 g/mol. The maximum absolute atomic E-state index is 6.68. The normalized spacial score (nSPS) is 22.9. The molecule has 0 aromatic heterocycles. The minimum Gasteiger partial charge on any atom is -0.374 e. The lowest BCUT2D eigenvalue weighted by molar-refractivity contribution is -0.286. The molecule has 2 N–H and O–H groups in total. The topological polar surface area (TPSA) is 90.0 Å². The standard InChI is InChI=1S/C34H36N2O5/c1-5-13-26(14-6-1)21-37-25-30-31(38-22-27-15-7-2-8-16-27)32(39-23-28-17-9-3-10-18-28)33(34(41-30)35-36-34)40-24-29-19-11-4-12-20-29/h1-20,30-33,35-36H,21-25H2/t30-,31-,32+,33+/m1/s1. The molecule has 4 aromatic carbocycles. The van der Waals surface area contributed by atoms with Gasteiger partial charge in [0.05, 0.1) is 33.0 Å². The SMILES string of the molecule is c1ccc(COC[C@H]2OC3(NN3)[C@@H](OCc3ccccc3)[C@@H](OCc3ccccc3)[C@@H]2OCc2ccccc2)cc1. The first kappa shape index (κ1) is 27.8. The molecule has 0 bridgehead atoms. The smallest absolute Gasteiger partial charge is 0.230 e. The first-order valence-corrected chi connectivity index (χ1v) is 14.1. The van der Waals surface area contributed by atoms with Crippen molar-refractivity contribution >= 4 is 0 Å². The van der Waals surface area contributed by atoms with E-state index >= 15 is 0 Å². The highest BCUT2D eigenvalue weighted by molar-refractivity contribution is 5.17. The minimum atomic E-state index is -0.899. The minimum absolute atomic E-state index is 0.329. The molecule has 2 saturated heterocycles. The highest BCUT2D eigenvalue weighted by Crippen LogP contribution is 2.37. The van der Waals surface area contributed by atoms with Crippen LogP contribution in [-0.4, -0.2) is 36.9 Å². The van der Waals surface area contributed by atoms with Gasteiger partial charge in [0.25, 0.3) is 0 Å². The summed E-state index contributed by atoms with van der Waals surface area (Å²) in [5.41, 5.74) is 10.7. The van der Waals surface area contributed by atoms with Crippen LogP contribution in [0.4, 0.5) is 0 Å². The van der Waals surface area contributed by atoms with Crippen LogP contribution in [0.25, 0.3) is 0 Å². The number of benzene rings is 4. The van der Waals surface area contributed by atoms with Crippen molar-refractivity contribution in [3.05, 3.63) is 144 Å². The fourth-order valence-electron chi connectivity index (χ4n) is 5.14. The average molecular weight is 553 g/mol. The predicted octanol–water partition coefficient (Wildman–Crippen LogP) is 5.12. The Bertz CT molecular complexity index is 1320. The first-order chi connectivity index (χ1) is 20.3.